The highest BCUT2D eigenvalue weighted by Gasteiger charge is 2.19. The van der Waals surface area contributed by atoms with Crippen LogP contribution >= 0.6 is 0 Å². The fraction of sp³-hybridized carbons (Fsp3) is 0.269. The van der Waals surface area contributed by atoms with Crippen LogP contribution in [0.2, 0.25) is 0 Å². The summed E-state index contributed by atoms with van der Waals surface area (Å²) in [5.74, 6) is 9.85. The smallest absolute Gasteiger partial charge is 0.267 e. The van der Waals surface area contributed by atoms with E-state index in [4.69, 9.17) is 15.7 Å². The van der Waals surface area contributed by atoms with E-state index in [1.165, 1.54) is 5.48 Å². The molecule has 0 aromatic heterocycles. The van der Waals surface area contributed by atoms with Crippen molar-refractivity contribution in [1.29, 1.82) is 0 Å². The molecule has 0 unspecified atom stereocenters. The molecule has 10 heteroatoms. The molecule has 0 aliphatic heterocycles. The Hall–Kier alpha value is -4.19. The Bertz CT molecular complexity index is 1130. The minimum Gasteiger partial charge on any atom is -0.383 e. The second-order valence-electron chi connectivity index (χ2n) is 7.11. The van der Waals surface area contributed by atoms with Crippen molar-refractivity contribution >= 4 is 23.4 Å². The first-order valence-electron chi connectivity index (χ1n) is 10.6. The van der Waals surface area contributed by atoms with Crippen molar-refractivity contribution in [3.63, 3.8) is 0 Å². The first-order chi connectivity index (χ1) is 17.0. The number of nitrogens with one attached hydrogen (secondary N) is 4. The highest BCUT2D eigenvalue weighted by atomic mass is 16.5. The van der Waals surface area contributed by atoms with Crippen molar-refractivity contribution in [3.05, 3.63) is 65.2 Å². The Balaban J connectivity index is 0.00000648. The molecule has 0 aliphatic rings. The van der Waals surface area contributed by atoms with Gasteiger partial charge < -0.3 is 26.4 Å². The maximum atomic E-state index is 12.2. The van der Waals surface area contributed by atoms with E-state index in [1.807, 2.05) is 0 Å². The van der Waals surface area contributed by atoms with E-state index < -0.39 is 17.9 Å². The molecule has 36 heavy (non-hydrogen) atoms. The third-order valence-corrected chi connectivity index (χ3v) is 4.53. The van der Waals surface area contributed by atoms with Crippen LogP contribution in [0.4, 0.5) is 5.69 Å². The summed E-state index contributed by atoms with van der Waals surface area (Å²) in [6, 6.07) is 12.4. The topological polar surface area (TPSA) is 155 Å². The molecule has 2 aromatic rings. The molecule has 10 nitrogen and oxygen atoms in total. The predicted molar refractivity (Wildman–Crippen MR) is 137 cm³/mol. The number of carbonyl (C=O) groups excluding carboxylic acids is 3. The van der Waals surface area contributed by atoms with E-state index in [9.17, 15) is 14.4 Å². The van der Waals surface area contributed by atoms with Crippen LogP contribution in [0.15, 0.2) is 48.5 Å². The molecule has 2 aromatic carbocycles. The van der Waals surface area contributed by atoms with Crippen molar-refractivity contribution in [1.82, 2.24) is 16.1 Å². The van der Waals surface area contributed by atoms with E-state index in [-0.39, 0.29) is 26.4 Å². The van der Waals surface area contributed by atoms with Gasteiger partial charge in [0.1, 0.15) is 6.04 Å². The van der Waals surface area contributed by atoms with E-state index in [0.29, 0.717) is 30.0 Å². The van der Waals surface area contributed by atoms with Crippen LogP contribution in [-0.4, -0.2) is 62.3 Å². The summed E-state index contributed by atoms with van der Waals surface area (Å²) in [5, 5.41) is 16.8. The van der Waals surface area contributed by atoms with Gasteiger partial charge in [-0.05, 0) is 60.4 Å². The molecule has 0 saturated heterocycles. The average Bonchev–Trinajstić information content (AvgIpc) is 2.88. The number of benzene rings is 2. The molecular weight excluding hydrogens is 462 g/mol. The number of hydrogen-bond acceptors (Lipinski definition) is 7. The van der Waals surface area contributed by atoms with E-state index in [2.05, 4.69) is 39.6 Å². The van der Waals surface area contributed by atoms with Crippen molar-refractivity contribution in [3.8, 4) is 23.7 Å². The predicted octanol–water partition coefficient (Wildman–Crippen LogP) is 0.463. The lowest BCUT2D eigenvalue weighted by molar-refractivity contribution is -0.130. The number of ether oxygens (including phenoxy) is 1. The number of carbonyl (C=O) groups is 3. The van der Waals surface area contributed by atoms with E-state index in [0.717, 1.165) is 5.56 Å². The van der Waals surface area contributed by atoms with Crippen LogP contribution in [0.5, 0.6) is 0 Å². The standard InChI is InChI=1S/C25H27N5O5.CH4/c1-35-15-14-27-17-23(31)28-21-12-8-19(9-13-21)5-3-2-4-18-6-10-20(11-7-18)24(32)29-22(16-26)25(33)30-34;/h6-13,22,27,34H,14-17,26H2,1H3,(H,28,31)(H,29,32)(H,30,33);1H4/t22-;/m0./s1. The number of hydrogen-bond donors (Lipinski definition) is 6. The van der Waals surface area contributed by atoms with Gasteiger partial charge in [0.15, 0.2) is 0 Å². The minimum absolute atomic E-state index is 0. The first kappa shape index (κ1) is 29.8. The third-order valence-electron chi connectivity index (χ3n) is 4.53. The van der Waals surface area contributed by atoms with Crippen molar-refractivity contribution in [2.45, 2.75) is 13.5 Å². The Morgan fingerprint density at radius 2 is 1.58 bits per heavy atom. The zero-order valence-electron chi connectivity index (χ0n) is 19.2. The molecule has 7 N–H and O–H groups in total. The van der Waals surface area contributed by atoms with Crippen LogP contribution in [0.3, 0.4) is 0 Å². The summed E-state index contributed by atoms with van der Waals surface area (Å²) in [6.07, 6.45) is 0. The lowest BCUT2D eigenvalue weighted by Crippen LogP contribution is -2.50. The van der Waals surface area contributed by atoms with Gasteiger partial charge in [-0.15, -0.1) is 0 Å². The highest BCUT2D eigenvalue weighted by molar-refractivity contribution is 5.97. The Labute approximate surface area is 210 Å². The summed E-state index contributed by atoms with van der Waals surface area (Å²) in [6.45, 7) is 1.17. The molecule has 1 atom stereocenters. The molecule has 190 valence electrons. The molecule has 0 fully saturated rings. The maximum absolute atomic E-state index is 12.2. The summed E-state index contributed by atoms with van der Waals surface area (Å²) < 4.78 is 4.91. The Morgan fingerprint density at radius 1 is 1.00 bits per heavy atom. The number of anilines is 1. The fourth-order valence-corrected chi connectivity index (χ4v) is 2.68. The van der Waals surface area contributed by atoms with Gasteiger partial charge in [-0.2, -0.15) is 0 Å². The molecule has 0 aliphatic carbocycles. The average molecular weight is 494 g/mol. The SMILES string of the molecule is C.COCCNCC(=O)Nc1ccc(C#CC#Cc2ccc(C(=O)N[C@@H](CN)C(=O)NO)cc2)cc1. The van der Waals surface area contributed by atoms with Crippen LogP contribution in [0, 0.1) is 23.7 Å². The number of amides is 3. The second kappa shape index (κ2) is 16.4. The normalized spacial score (nSPS) is 10.3. The lowest BCUT2D eigenvalue weighted by Gasteiger charge is -2.14. The van der Waals surface area contributed by atoms with Crippen LogP contribution in [0.25, 0.3) is 0 Å². The third kappa shape index (κ3) is 10.4. The van der Waals surface area contributed by atoms with Gasteiger partial charge in [0.05, 0.1) is 13.2 Å². The molecule has 0 heterocycles. The number of methoxy groups -OCH3 is 1. The molecule has 3 amide bonds. The number of hydroxylamine groups is 1. The van der Waals surface area contributed by atoms with Crippen LogP contribution in [-0.2, 0) is 14.3 Å². The number of rotatable bonds is 10. The molecule has 2 rings (SSSR count). The Morgan fingerprint density at radius 3 is 2.11 bits per heavy atom. The number of nitrogens with two attached hydrogens (primary N) is 1. The quantitative estimate of drug-likeness (QED) is 0.122. The summed E-state index contributed by atoms with van der Waals surface area (Å²) in [7, 11) is 1.60. The zero-order valence-corrected chi connectivity index (χ0v) is 19.2. The molecule has 0 radical (unpaired) electrons. The van der Waals surface area contributed by atoms with Gasteiger partial charge in [0.25, 0.3) is 11.8 Å². The minimum atomic E-state index is -1.05. The van der Waals surface area contributed by atoms with Gasteiger partial charge in [-0.25, -0.2) is 5.48 Å². The summed E-state index contributed by atoms with van der Waals surface area (Å²) >= 11 is 0. The van der Waals surface area contributed by atoms with Gasteiger partial charge >= 0.3 is 0 Å². The highest BCUT2D eigenvalue weighted by Crippen LogP contribution is 2.08. The summed E-state index contributed by atoms with van der Waals surface area (Å²) in [4.78, 5) is 35.5. The second-order valence-corrected chi connectivity index (χ2v) is 7.11. The van der Waals surface area contributed by atoms with Gasteiger partial charge in [0, 0.05) is 42.6 Å². The maximum Gasteiger partial charge on any atom is 0.267 e. The van der Waals surface area contributed by atoms with Crippen molar-refractivity contribution < 1.29 is 24.3 Å². The largest absolute Gasteiger partial charge is 0.383 e. The fourth-order valence-electron chi connectivity index (χ4n) is 2.68. The van der Waals surface area contributed by atoms with Crippen molar-refractivity contribution in [2.75, 3.05) is 38.7 Å². The van der Waals surface area contributed by atoms with Crippen LogP contribution < -0.4 is 27.2 Å². The molecular formula is C26H31N5O5. The van der Waals surface area contributed by atoms with Gasteiger partial charge in [-0.3, -0.25) is 19.6 Å². The lowest BCUT2D eigenvalue weighted by atomic mass is 10.1. The molecule has 0 saturated carbocycles. The summed E-state index contributed by atoms with van der Waals surface area (Å²) in [5.41, 5.74) is 9.24. The molecule has 0 spiro atoms. The molecule has 0 bridgehead atoms. The van der Waals surface area contributed by atoms with Gasteiger partial charge in [-0.1, -0.05) is 19.3 Å². The monoisotopic (exact) mass is 493 g/mol. The van der Waals surface area contributed by atoms with E-state index >= 15 is 0 Å². The zero-order chi connectivity index (χ0) is 25.5. The van der Waals surface area contributed by atoms with E-state index in [1.54, 1.807) is 55.6 Å². The van der Waals surface area contributed by atoms with Crippen molar-refractivity contribution in [2.24, 2.45) is 5.73 Å². The Kier molecular flexibility index (Phi) is 13.6. The first-order valence-corrected chi connectivity index (χ1v) is 10.6. The van der Waals surface area contributed by atoms with Crippen LogP contribution in [0.1, 0.15) is 28.9 Å². The van der Waals surface area contributed by atoms with Gasteiger partial charge in [0.2, 0.25) is 5.91 Å².